The van der Waals surface area contributed by atoms with E-state index in [1.165, 1.54) is 6.20 Å². The predicted octanol–water partition coefficient (Wildman–Crippen LogP) is 5.67. The van der Waals surface area contributed by atoms with Crippen LogP contribution in [0.3, 0.4) is 0 Å². The minimum absolute atomic E-state index is 0.0701. The first-order chi connectivity index (χ1) is 20.7. The third-order valence-electron chi connectivity index (χ3n) is 8.31. The summed E-state index contributed by atoms with van der Waals surface area (Å²) in [5.41, 5.74) is 2.71. The standard InChI is InChI=1S/C31H34F3N7O2/c1-3-20-17-41(18-26-22(20)4-5-27(39-26)38-25-7-11-36-29-23(25)6-10-35-29)28(42)15-19-14-24(31(32,33)34)30(37-16-19)43-21-8-12-40(2)13-9-21/h4-7,10-11,14,16,20-21H,3,8-9,12-13,15,17-18H2,1-2H3,(H2,35,36,38,39). The van der Waals surface area contributed by atoms with Gasteiger partial charge in [0, 0.05) is 49.5 Å². The molecule has 6 rings (SSSR count). The maximum atomic E-state index is 14.0. The summed E-state index contributed by atoms with van der Waals surface area (Å²) in [6.45, 7) is 4.30. The summed E-state index contributed by atoms with van der Waals surface area (Å²) in [5, 5.41) is 4.28. The Balaban J connectivity index is 1.19. The Kier molecular flexibility index (Phi) is 7.95. The number of likely N-dealkylation sites (tertiary alicyclic amines) is 1. The zero-order valence-electron chi connectivity index (χ0n) is 24.1. The number of alkyl halides is 3. The SMILES string of the molecule is CCC1CN(C(=O)Cc2cnc(OC3CCN(C)CC3)c(C(F)(F)F)c2)Cc2nc(Nc3ccnc4[nH]ccc34)ccc21. The highest BCUT2D eigenvalue weighted by molar-refractivity contribution is 5.90. The van der Waals surface area contributed by atoms with Gasteiger partial charge in [0.05, 0.1) is 24.3 Å². The van der Waals surface area contributed by atoms with Crippen LogP contribution in [-0.2, 0) is 23.9 Å². The number of aromatic amines is 1. The average molecular weight is 594 g/mol. The molecule has 43 heavy (non-hydrogen) atoms. The molecule has 1 fully saturated rings. The molecule has 0 spiro atoms. The molecule has 0 saturated carbocycles. The lowest BCUT2D eigenvalue weighted by Crippen LogP contribution is -2.39. The van der Waals surface area contributed by atoms with Crippen LogP contribution in [-0.4, -0.2) is 68.4 Å². The Morgan fingerprint density at radius 3 is 2.74 bits per heavy atom. The second kappa shape index (κ2) is 11.8. The molecule has 2 aliphatic heterocycles. The molecule has 9 nitrogen and oxygen atoms in total. The van der Waals surface area contributed by atoms with Crippen molar-refractivity contribution in [2.45, 2.75) is 57.3 Å². The Morgan fingerprint density at radius 2 is 1.98 bits per heavy atom. The Morgan fingerprint density at radius 1 is 1.16 bits per heavy atom. The van der Waals surface area contributed by atoms with E-state index in [0.29, 0.717) is 25.2 Å². The molecule has 2 aliphatic rings. The number of pyridine rings is 3. The fraction of sp³-hybridized carbons (Fsp3) is 0.419. The van der Waals surface area contributed by atoms with E-state index in [0.717, 1.165) is 53.6 Å². The zero-order chi connectivity index (χ0) is 30.1. The van der Waals surface area contributed by atoms with Crippen molar-refractivity contribution in [1.29, 1.82) is 0 Å². The molecule has 1 saturated heterocycles. The molecule has 1 amide bonds. The van der Waals surface area contributed by atoms with Crippen LogP contribution in [0.25, 0.3) is 11.0 Å². The van der Waals surface area contributed by atoms with Crippen LogP contribution in [0.4, 0.5) is 24.7 Å². The average Bonchev–Trinajstić information content (AvgIpc) is 3.48. The summed E-state index contributed by atoms with van der Waals surface area (Å²) >= 11 is 0. The van der Waals surface area contributed by atoms with Crippen molar-refractivity contribution in [2.75, 3.05) is 32.0 Å². The van der Waals surface area contributed by atoms with Crippen LogP contribution in [0.5, 0.6) is 5.88 Å². The fourth-order valence-corrected chi connectivity index (χ4v) is 5.87. The lowest BCUT2D eigenvalue weighted by atomic mass is 9.90. The number of hydrogen-bond acceptors (Lipinski definition) is 7. The van der Waals surface area contributed by atoms with Gasteiger partial charge in [0.25, 0.3) is 0 Å². The normalized spacial score (nSPS) is 18.1. The van der Waals surface area contributed by atoms with E-state index < -0.39 is 17.6 Å². The van der Waals surface area contributed by atoms with Crippen molar-refractivity contribution >= 4 is 28.4 Å². The molecule has 226 valence electrons. The number of hydrogen-bond donors (Lipinski definition) is 2. The quantitative estimate of drug-likeness (QED) is 0.285. The largest absolute Gasteiger partial charge is 0.474 e. The maximum absolute atomic E-state index is 14.0. The van der Waals surface area contributed by atoms with Gasteiger partial charge < -0.3 is 24.8 Å². The Bertz CT molecular complexity index is 1610. The number of H-pyrrole nitrogens is 1. The first kappa shape index (κ1) is 28.9. The lowest BCUT2D eigenvalue weighted by Gasteiger charge is -2.34. The Labute approximate surface area is 247 Å². The predicted molar refractivity (Wildman–Crippen MR) is 156 cm³/mol. The van der Waals surface area contributed by atoms with Crippen LogP contribution in [0, 0.1) is 0 Å². The van der Waals surface area contributed by atoms with Gasteiger partial charge in [-0.1, -0.05) is 13.0 Å². The summed E-state index contributed by atoms with van der Waals surface area (Å²) < 4.78 is 47.8. The van der Waals surface area contributed by atoms with Gasteiger partial charge in [-0.15, -0.1) is 0 Å². The highest BCUT2D eigenvalue weighted by Crippen LogP contribution is 2.37. The van der Waals surface area contributed by atoms with Gasteiger partial charge in [0.2, 0.25) is 11.8 Å². The first-order valence-corrected chi connectivity index (χ1v) is 14.6. The molecule has 0 aliphatic carbocycles. The number of ether oxygens (including phenoxy) is 1. The third kappa shape index (κ3) is 6.29. The van der Waals surface area contributed by atoms with Gasteiger partial charge in [-0.05, 0) is 61.7 Å². The van der Waals surface area contributed by atoms with E-state index in [4.69, 9.17) is 9.72 Å². The highest BCUT2D eigenvalue weighted by atomic mass is 19.4. The van der Waals surface area contributed by atoms with Crippen LogP contribution < -0.4 is 10.1 Å². The molecule has 4 aromatic heterocycles. The number of amides is 1. The molecule has 1 unspecified atom stereocenters. The number of anilines is 2. The molecule has 0 bridgehead atoms. The van der Waals surface area contributed by atoms with E-state index >= 15 is 0 Å². The number of carbonyl (C=O) groups is 1. The molecular weight excluding hydrogens is 559 g/mol. The monoisotopic (exact) mass is 593 g/mol. The number of carbonyl (C=O) groups excluding carboxylic acids is 1. The number of nitrogens with zero attached hydrogens (tertiary/aromatic N) is 5. The number of rotatable bonds is 7. The lowest BCUT2D eigenvalue weighted by molar-refractivity contribution is -0.140. The highest BCUT2D eigenvalue weighted by Gasteiger charge is 2.37. The minimum atomic E-state index is -4.65. The molecular formula is C31H34F3N7O2. The van der Waals surface area contributed by atoms with Crippen LogP contribution in [0.15, 0.2) is 48.9 Å². The van der Waals surface area contributed by atoms with Crippen molar-refractivity contribution in [1.82, 2.24) is 29.7 Å². The van der Waals surface area contributed by atoms with Gasteiger partial charge in [0.15, 0.2) is 0 Å². The van der Waals surface area contributed by atoms with Crippen LogP contribution >= 0.6 is 0 Å². The van der Waals surface area contributed by atoms with Crippen LogP contribution in [0.2, 0.25) is 0 Å². The fourth-order valence-electron chi connectivity index (χ4n) is 5.87. The summed E-state index contributed by atoms with van der Waals surface area (Å²) in [4.78, 5) is 33.5. The first-order valence-electron chi connectivity index (χ1n) is 14.6. The smallest absolute Gasteiger partial charge is 0.421 e. The van der Waals surface area contributed by atoms with Gasteiger partial charge in [-0.2, -0.15) is 13.2 Å². The van der Waals surface area contributed by atoms with E-state index in [2.05, 4.69) is 32.1 Å². The number of nitrogens with one attached hydrogen (secondary N) is 2. The van der Waals surface area contributed by atoms with Crippen molar-refractivity contribution in [3.05, 3.63) is 71.3 Å². The van der Waals surface area contributed by atoms with Crippen molar-refractivity contribution in [3.63, 3.8) is 0 Å². The summed E-state index contributed by atoms with van der Waals surface area (Å²) in [7, 11) is 1.97. The van der Waals surface area contributed by atoms with Gasteiger partial charge in [0.1, 0.15) is 23.1 Å². The zero-order valence-corrected chi connectivity index (χ0v) is 24.1. The van der Waals surface area contributed by atoms with E-state index in [-0.39, 0.29) is 36.5 Å². The second-order valence-electron chi connectivity index (χ2n) is 11.3. The van der Waals surface area contributed by atoms with Crippen molar-refractivity contribution < 1.29 is 22.7 Å². The van der Waals surface area contributed by atoms with Gasteiger partial charge >= 0.3 is 6.18 Å². The van der Waals surface area contributed by atoms with Crippen LogP contribution in [0.1, 0.15) is 54.5 Å². The summed E-state index contributed by atoms with van der Waals surface area (Å²) in [6.07, 6.45) is 1.74. The number of piperidine rings is 1. The number of fused-ring (bicyclic) bond motifs is 2. The second-order valence-corrected chi connectivity index (χ2v) is 11.3. The van der Waals surface area contributed by atoms with Gasteiger partial charge in [-0.3, -0.25) is 4.79 Å². The molecule has 0 aromatic carbocycles. The number of aromatic nitrogens is 4. The third-order valence-corrected chi connectivity index (χ3v) is 8.31. The summed E-state index contributed by atoms with van der Waals surface area (Å²) in [6, 6.07) is 8.77. The van der Waals surface area contributed by atoms with E-state index in [1.54, 1.807) is 11.1 Å². The minimum Gasteiger partial charge on any atom is -0.474 e. The molecule has 1 atom stereocenters. The topological polar surface area (TPSA) is 99.3 Å². The van der Waals surface area contributed by atoms with Gasteiger partial charge in [-0.25, -0.2) is 15.0 Å². The molecule has 0 radical (unpaired) electrons. The Hall–Kier alpha value is -4.19. The van der Waals surface area contributed by atoms with E-state index in [1.807, 2.05) is 37.5 Å². The molecule has 4 aromatic rings. The van der Waals surface area contributed by atoms with E-state index in [9.17, 15) is 18.0 Å². The van der Waals surface area contributed by atoms with Crippen molar-refractivity contribution in [3.8, 4) is 5.88 Å². The molecule has 2 N–H and O–H groups in total. The van der Waals surface area contributed by atoms with Crippen molar-refractivity contribution in [2.24, 2.45) is 0 Å². The molecule has 6 heterocycles. The summed E-state index contributed by atoms with van der Waals surface area (Å²) in [5.74, 6) is 0.00873. The number of halogens is 3. The molecule has 12 heteroatoms. The maximum Gasteiger partial charge on any atom is 0.421 e.